The molecule has 29 heavy (non-hydrogen) atoms. The molecule has 0 unspecified atom stereocenters. The number of fused-ring (bicyclic) bond motifs is 2. The van der Waals surface area contributed by atoms with Crippen molar-refractivity contribution in [3.05, 3.63) is 95.2 Å². The molecule has 2 aromatic carbocycles. The van der Waals surface area contributed by atoms with Gasteiger partial charge in [-0.05, 0) is 28.6 Å². The SMILES string of the molecule is Cn1cc2cccc(-c3ccc(Cn4c(=O)cnc5cnccc54)c(F)c3)c2c1. The molecule has 0 atom stereocenters. The van der Waals surface area contributed by atoms with Crippen LogP contribution in [0.4, 0.5) is 4.39 Å². The van der Waals surface area contributed by atoms with Crippen molar-refractivity contribution in [1.82, 2.24) is 19.1 Å². The molecule has 5 nitrogen and oxygen atoms in total. The van der Waals surface area contributed by atoms with E-state index in [4.69, 9.17) is 0 Å². The van der Waals surface area contributed by atoms with Gasteiger partial charge in [0.2, 0.25) is 0 Å². The van der Waals surface area contributed by atoms with Gasteiger partial charge in [-0.15, -0.1) is 0 Å². The van der Waals surface area contributed by atoms with Crippen molar-refractivity contribution in [3.8, 4) is 11.1 Å². The summed E-state index contributed by atoms with van der Waals surface area (Å²) < 4.78 is 18.5. The monoisotopic (exact) mass is 384 g/mol. The minimum Gasteiger partial charge on any atom is -0.356 e. The first-order valence-electron chi connectivity index (χ1n) is 9.23. The van der Waals surface area contributed by atoms with E-state index in [0.717, 1.165) is 21.9 Å². The van der Waals surface area contributed by atoms with Crippen LogP contribution in [0.25, 0.3) is 32.9 Å². The molecule has 0 bridgehead atoms. The molecule has 142 valence electrons. The number of hydrogen-bond acceptors (Lipinski definition) is 3. The summed E-state index contributed by atoms with van der Waals surface area (Å²) in [5, 5.41) is 2.18. The molecule has 0 fully saturated rings. The number of halogens is 1. The van der Waals surface area contributed by atoms with Crippen LogP contribution in [0.15, 0.2) is 78.2 Å². The Morgan fingerprint density at radius 1 is 1.07 bits per heavy atom. The molecular formula is C23H17FN4O. The molecule has 0 amide bonds. The van der Waals surface area contributed by atoms with Crippen molar-refractivity contribution < 1.29 is 4.39 Å². The Hall–Kier alpha value is -3.80. The first-order valence-corrected chi connectivity index (χ1v) is 9.23. The molecule has 0 N–H and O–H groups in total. The molecule has 0 radical (unpaired) electrons. The smallest absolute Gasteiger partial charge is 0.269 e. The fraction of sp³-hybridized carbons (Fsp3) is 0.0870. The minimum atomic E-state index is -0.346. The number of pyridine rings is 1. The van der Waals surface area contributed by atoms with Gasteiger partial charge in [0.05, 0.1) is 24.5 Å². The van der Waals surface area contributed by atoms with Crippen LogP contribution in [0.1, 0.15) is 5.56 Å². The van der Waals surface area contributed by atoms with Crippen LogP contribution >= 0.6 is 0 Å². The third-order valence-electron chi connectivity index (χ3n) is 5.16. The zero-order chi connectivity index (χ0) is 20.0. The average molecular weight is 384 g/mol. The van der Waals surface area contributed by atoms with Crippen LogP contribution in [0, 0.1) is 5.82 Å². The van der Waals surface area contributed by atoms with Crippen LogP contribution in [0.5, 0.6) is 0 Å². The second-order valence-corrected chi connectivity index (χ2v) is 7.09. The van der Waals surface area contributed by atoms with E-state index >= 15 is 4.39 Å². The summed E-state index contributed by atoms with van der Waals surface area (Å²) in [7, 11) is 1.97. The maximum atomic E-state index is 15.0. The van der Waals surface area contributed by atoms with E-state index in [1.165, 1.54) is 16.8 Å². The van der Waals surface area contributed by atoms with E-state index in [1.807, 2.05) is 48.3 Å². The molecule has 0 saturated heterocycles. The van der Waals surface area contributed by atoms with Gasteiger partial charge in [-0.25, -0.2) is 9.37 Å². The number of nitrogens with zero attached hydrogens (tertiary/aromatic N) is 4. The van der Waals surface area contributed by atoms with Gasteiger partial charge in [0.25, 0.3) is 5.56 Å². The summed E-state index contributed by atoms with van der Waals surface area (Å²) in [6.07, 6.45) is 8.50. The molecule has 0 saturated carbocycles. The van der Waals surface area contributed by atoms with Crippen molar-refractivity contribution in [2.24, 2.45) is 7.05 Å². The van der Waals surface area contributed by atoms with Crippen LogP contribution < -0.4 is 5.56 Å². The zero-order valence-corrected chi connectivity index (χ0v) is 15.7. The van der Waals surface area contributed by atoms with Crippen LogP contribution in [-0.4, -0.2) is 19.1 Å². The summed E-state index contributed by atoms with van der Waals surface area (Å²) >= 11 is 0. The Bertz CT molecular complexity index is 1430. The molecule has 0 aliphatic heterocycles. The van der Waals surface area contributed by atoms with Crippen molar-refractivity contribution in [3.63, 3.8) is 0 Å². The first kappa shape index (κ1) is 17.3. The Labute approximate surface area is 165 Å². The van der Waals surface area contributed by atoms with Gasteiger partial charge in [0.1, 0.15) is 11.3 Å². The van der Waals surface area contributed by atoms with Crippen molar-refractivity contribution >= 4 is 21.8 Å². The summed E-state index contributed by atoms with van der Waals surface area (Å²) in [4.78, 5) is 20.5. The molecule has 6 heteroatoms. The Balaban J connectivity index is 1.58. The highest BCUT2D eigenvalue weighted by molar-refractivity contribution is 5.96. The molecule has 3 aromatic heterocycles. The standard InChI is InChI=1S/C23H17FN4O/c1-27-12-16-3-2-4-18(19(16)14-27)15-5-6-17(20(24)9-15)13-28-22-7-8-25-10-21(22)26-11-23(28)29/h2-12,14H,13H2,1H3. The molecule has 3 heterocycles. The maximum absolute atomic E-state index is 15.0. The molecule has 0 aliphatic carbocycles. The third kappa shape index (κ3) is 2.99. The minimum absolute atomic E-state index is 0.128. The Morgan fingerprint density at radius 3 is 2.83 bits per heavy atom. The number of aryl methyl sites for hydroxylation is 1. The predicted octanol–water partition coefficient (Wildman–Crippen LogP) is 4.14. The fourth-order valence-corrected chi connectivity index (χ4v) is 3.75. The normalized spacial score (nSPS) is 11.4. The summed E-state index contributed by atoms with van der Waals surface area (Å²) in [6, 6.07) is 12.9. The number of rotatable bonds is 3. The van der Waals surface area contributed by atoms with E-state index in [9.17, 15) is 4.79 Å². The lowest BCUT2D eigenvalue weighted by Gasteiger charge is -2.11. The highest BCUT2D eigenvalue weighted by Gasteiger charge is 2.11. The molecule has 0 aliphatic rings. The van der Waals surface area contributed by atoms with Gasteiger partial charge in [-0.2, -0.15) is 0 Å². The van der Waals surface area contributed by atoms with E-state index in [2.05, 4.69) is 9.97 Å². The number of benzene rings is 2. The quantitative estimate of drug-likeness (QED) is 0.470. The van der Waals surface area contributed by atoms with E-state index in [1.54, 1.807) is 24.5 Å². The van der Waals surface area contributed by atoms with Crippen LogP contribution in [-0.2, 0) is 13.6 Å². The van der Waals surface area contributed by atoms with Crippen molar-refractivity contribution in [2.75, 3.05) is 0 Å². The lowest BCUT2D eigenvalue weighted by molar-refractivity contribution is 0.599. The highest BCUT2D eigenvalue weighted by atomic mass is 19.1. The topological polar surface area (TPSA) is 52.7 Å². The fourth-order valence-electron chi connectivity index (χ4n) is 3.75. The van der Waals surface area contributed by atoms with Crippen LogP contribution in [0.3, 0.4) is 0 Å². The van der Waals surface area contributed by atoms with Gasteiger partial charge in [-0.3, -0.25) is 9.78 Å². The second kappa shape index (κ2) is 6.67. The lowest BCUT2D eigenvalue weighted by atomic mass is 9.99. The summed E-state index contributed by atoms with van der Waals surface area (Å²) in [6.45, 7) is 0.128. The lowest BCUT2D eigenvalue weighted by Crippen LogP contribution is -2.21. The zero-order valence-electron chi connectivity index (χ0n) is 15.7. The predicted molar refractivity (Wildman–Crippen MR) is 111 cm³/mol. The highest BCUT2D eigenvalue weighted by Crippen LogP contribution is 2.30. The second-order valence-electron chi connectivity index (χ2n) is 7.09. The third-order valence-corrected chi connectivity index (χ3v) is 5.16. The van der Waals surface area contributed by atoms with Gasteiger partial charge in [-0.1, -0.05) is 30.3 Å². The van der Waals surface area contributed by atoms with Crippen molar-refractivity contribution in [1.29, 1.82) is 0 Å². The van der Waals surface area contributed by atoms with Gasteiger partial charge < -0.3 is 9.13 Å². The molecule has 5 aromatic rings. The first-order chi connectivity index (χ1) is 14.1. The van der Waals surface area contributed by atoms with Gasteiger partial charge in [0.15, 0.2) is 0 Å². The van der Waals surface area contributed by atoms with Gasteiger partial charge >= 0.3 is 0 Å². The van der Waals surface area contributed by atoms with E-state index < -0.39 is 0 Å². The van der Waals surface area contributed by atoms with Gasteiger partial charge in [0, 0.05) is 36.6 Å². The molecule has 0 spiro atoms. The maximum Gasteiger partial charge on any atom is 0.269 e. The van der Waals surface area contributed by atoms with E-state index in [-0.39, 0.29) is 17.9 Å². The van der Waals surface area contributed by atoms with Crippen molar-refractivity contribution in [2.45, 2.75) is 6.54 Å². The summed E-state index contributed by atoms with van der Waals surface area (Å²) in [5.74, 6) is -0.346. The van der Waals surface area contributed by atoms with E-state index in [0.29, 0.717) is 16.6 Å². The molecule has 5 rings (SSSR count). The average Bonchev–Trinajstić information content (AvgIpc) is 3.11. The Kier molecular flexibility index (Phi) is 3.98. The molecular weight excluding hydrogens is 367 g/mol. The number of hydrogen-bond donors (Lipinski definition) is 0. The Morgan fingerprint density at radius 2 is 1.97 bits per heavy atom. The number of aromatic nitrogens is 4. The largest absolute Gasteiger partial charge is 0.356 e. The van der Waals surface area contributed by atoms with Crippen LogP contribution in [0.2, 0.25) is 0 Å². The summed E-state index contributed by atoms with van der Waals surface area (Å²) in [5.41, 5.74) is 3.18.